The smallest absolute Gasteiger partial charge is 0.248 e. The van der Waals surface area contributed by atoms with Gasteiger partial charge in [0.1, 0.15) is 17.7 Å². The van der Waals surface area contributed by atoms with E-state index in [-0.39, 0.29) is 5.91 Å². The van der Waals surface area contributed by atoms with Gasteiger partial charge in [-0.25, -0.2) is 4.98 Å². The number of methoxy groups -OCH3 is 1. The van der Waals surface area contributed by atoms with Crippen molar-refractivity contribution in [1.82, 2.24) is 10.3 Å². The number of halogens is 2. The molecule has 0 aliphatic carbocycles. The van der Waals surface area contributed by atoms with Crippen molar-refractivity contribution in [3.05, 3.63) is 52.1 Å². The first-order valence-corrected chi connectivity index (χ1v) is 8.82. The third kappa shape index (κ3) is 6.37. The van der Waals surface area contributed by atoms with E-state index in [2.05, 4.69) is 15.6 Å². The Kier molecular flexibility index (Phi) is 7.97. The molecule has 0 aliphatic heterocycles. The Morgan fingerprint density at radius 2 is 2.08 bits per heavy atom. The fourth-order valence-electron chi connectivity index (χ4n) is 2.11. The summed E-state index contributed by atoms with van der Waals surface area (Å²) in [6, 6.07) is 9.13. The highest BCUT2D eigenvalue weighted by atomic mass is 35.5. The van der Waals surface area contributed by atoms with Gasteiger partial charge < -0.3 is 20.1 Å². The first-order valence-electron chi connectivity index (χ1n) is 8.06. The second-order valence-corrected chi connectivity index (χ2v) is 6.35. The summed E-state index contributed by atoms with van der Waals surface area (Å²) >= 11 is 11.8. The van der Waals surface area contributed by atoms with Gasteiger partial charge in [-0.1, -0.05) is 35.3 Å². The van der Waals surface area contributed by atoms with Crippen molar-refractivity contribution in [3.63, 3.8) is 0 Å². The van der Waals surface area contributed by atoms with E-state index >= 15 is 0 Å². The molecule has 1 atom stereocenters. The highest BCUT2D eigenvalue weighted by molar-refractivity contribution is 6.35. The molecule has 2 rings (SSSR count). The standard InChI is InChI=1S/C18H21Cl2N3O3/c1-12(26-11-13-4-3-5-15(8-13)25-2)18(24)22-7-6-21-17-16(20)9-14(19)10-23-17/h3-5,8-10,12H,6-7,11H2,1-2H3,(H,21,23)(H,22,24)/t12-/m0/s1. The number of carbonyl (C=O) groups excluding carboxylic acids is 1. The van der Waals surface area contributed by atoms with Gasteiger partial charge in [-0.05, 0) is 30.7 Å². The van der Waals surface area contributed by atoms with Crippen molar-refractivity contribution in [1.29, 1.82) is 0 Å². The molecule has 0 saturated heterocycles. The topological polar surface area (TPSA) is 72.5 Å². The van der Waals surface area contributed by atoms with Gasteiger partial charge in [-0.2, -0.15) is 0 Å². The SMILES string of the molecule is COc1cccc(CO[C@@H](C)C(=O)NCCNc2ncc(Cl)cc2Cl)c1. The Morgan fingerprint density at radius 3 is 2.81 bits per heavy atom. The minimum absolute atomic E-state index is 0.190. The summed E-state index contributed by atoms with van der Waals surface area (Å²) in [5, 5.41) is 6.73. The van der Waals surface area contributed by atoms with Crippen LogP contribution in [0.4, 0.5) is 5.82 Å². The Balaban J connectivity index is 1.69. The average molecular weight is 398 g/mol. The maximum atomic E-state index is 12.1. The minimum Gasteiger partial charge on any atom is -0.497 e. The first kappa shape index (κ1) is 20.3. The summed E-state index contributed by atoms with van der Waals surface area (Å²) in [6.45, 7) is 2.92. The van der Waals surface area contributed by atoms with E-state index < -0.39 is 6.10 Å². The summed E-state index contributed by atoms with van der Waals surface area (Å²) in [5.74, 6) is 1.08. The highest BCUT2D eigenvalue weighted by Gasteiger charge is 2.13. The lowest BCUT2D eigenvalue weighted by molar-refractivity contribution is -0.132. The predicted octanol–water partition coefficient (Wildman–Crippen LogP) is 3.53. The summed E-state index contributed by atoms with van der Waals surface area (Å²) in [7, 11) is 1.61. The Labute approximate surface area is 162 Å². The third-order valence-electron chi connectivity index (χ3n) is 3.53. The van der Waals surface area contributed by atoms with Crippen molar-refractivity contribution in [2.45, 2.75) is 19.6 Å². The number of carbonyl (C=O) groups is 1. The molecule has 26 heavy (non-hydrogen) atoms. The Morgan fingerprint density at radius 1 is 1.27 bits per heavy atom. The van der Waals surface area contributed by atoms with Crippen molar-refractivity contribution in [2.75, 3.05) is 25.5 Å². The largest absolute Gasteiger partial charge is 0.497 e. The number of hydrogen-bond acceptors (Lipinski definition) is 5. The molecule has 140 valence electrons. The number of aromatic nitrogens is 1. The lowest BCUT2D eigenvalue weighted by Crippen LogP contribution is -2.37. The lowest BCUT2D eigenvalue weighted by atomic mass is 10.2. The molecule has 1 aromatic heterocycles. The molecule has 0 spiro atoms. The molecule has 8 heteroatoms. The number of anilines is 1. The molecule has 0 unspecified atom stereocenters. The number of ether oxygens (including phenoxy) is 2. The van der Waals surface area contributed by atoms with Crippen molar-refractivity contribution in [2.24, 2.45) is 0 Å². The molecule has 0 fully saturated rings. The van der Waals surface area contributed by atoms with Crippen LogP contribution < -0.4 is 15.4 Å². The van der Waals surface area contributed by atoms with Crippen LogP contribution in [0.2, 0.25) is 10.0 Å². The van der Waals surface area contributed by atoms with Crippen LogP contribution in [0.15, 0.2) is 36.5 Å². The zero-order valence-corrected chi connectivity index (χ0v) is 16.1. The predicted molar refractivity (Wildman–Crippen MR) is 103 cm³/mol. The van der Waals surface area contributed by atoms with Gasteiger partial charge >= 0.3 is 0 Å². The molecule has 1 aromatic carbocycles. The number of hydrogen-bond donors (Lipinski definition) is 2. The number of rotatable bonds is 9. The van der Waals surface area contributed by atoms with Crippen LogP contribution >= 0.6 is 23.2 Å². The molecular weight excluding hydrogens is 377 g/mol. The van der Waals surface area contributed by atoms with E-state index in [9.17, 15) is 4.79 Å². The number of nitrogens with one attached hydrogen (secondary N) is 2. The van der Waals surface area contributed by atoms with E-state index in [0.717, 1.165) is 11.3 Å². The van der Waals surface area contributed by atoms with E-state index in [1.165, 1.54) is 6.20 Å². The van der Waals surface area contributed by atoms with Crippen LogP contribution in [0.5, 0.6) is 5.75 Å². The lowest BCUT2D eigenvalue weighted by Gasteiger charge is -2.14. The molecule has 0 radical (unpaired) electrons. The van der Waals surface area contributed by atoms with Gasteiger partial charge in [0.05, 0.1) is 23.8 Å². The summed E-state index contributed by atoms with van der Waals surface area (Å²) < 4.78 is 10.8. The Bertz CT molecular complexity index is 743. The van der Waals surface area contributed by atoms with Crippen molar-refractivity contribution < 1.29 is 14.3 Å². The van der Waals surface area contributed by atoms with Gasteiger partial charge in [-0.3, -0.25) is 4.79 Å². The molecular formula is C18H21Cl2N3O3. The maximum absolute atomic E-state index is 12.1. The van der Waals surface area contributed by atoms with Crippen molar-refractivity contribution in [3.8, 4) is 5.75 Å². The maximum Gasteiger partial charge on any atom is 0.248 e. The fourth-order valence-corrected chi connectivity index (χ4v) is 2.56. The summed E-state index contributed by atoms with van der Waals surface area (Å²) in [6.07, 6.45) is 0.932. The monoisotopic (exact) mass is 397 g/mol. The molecule has 2 N–H and O–H groups in total. The number of nitrogens with zero attached hydrogens (tertiary/aromatic N) is 1. The highest BCUT2D eigenvalue weighted by Crippen LogP contribution is 2.22. The van der Waals surface area contributed by atoms with Gasteiger partial charge in [0.2, 0.25) is 5.91 Å². The molecule has 1 heterocycles. The number of amides is 1. The van der Waals surface area contributed by atoms with Gasteiger partial charge in [0, 0.05) is 19.3 Å². The van der Waals surface area contributed by atoms with Crippen LogP contribution in [-0.2, 0) is 16.1 Å². The quantitative estimate of drug-likeness (QED) is 0.633. The molecule has 0 aliphatic rings. The Hall–Kier alpha value is -2.02. The molecule has 1 amide bonds. The number of pyridine rings is 1. The zero-order valence-electron chi connectivity index (χ0n) is 14.6. The van der Waals surface area contributed by atoms with Crippen LogP contribution in [0, 0.1) is 0 Å². The van der Waals surface area contributed by atoms with E-state index in [1.54, 1.807) is 20.1 Å². The van der Waals surface area contributed by atoms with Gasteiger partial charge in [-0.15, -0.1) is 0 Å². The fraction of sp³-hybridized carbons (Fsp3) is 0.333. The van der Waals surface area contributed by atoms with Crippen molar-refractivity contribution >= 4 is 34.9 Å². The van der Waals surface area contributed by atoms with Crippen LogP contribution in [0.3, 0.4) is 0 Å². The average Bonchev–Trinajstić information content (AvgIpc) is 2.64. The summed E-state index contributed by atoms with van der Waals surface area (Å²) in [5.41, 5.74) is 0.939. The second kappa shape index (κ2) is 10.2. The van der Waals surface area contributed by atoms with Crippen LogP contribution in [0.1, 0.15) is 12.5 Å². The van der Waals surface area contributed by atoms with Gasteiger partial charge in [0.15, 0.2) is 0 Å². The molecule has 6 nitrogen and oxygen atoms in total. The molecule has 0 saturated carbocycles. The minimum atomic E-state index is -0.571. The third-order valence-corrected chi connectivity index (χ3v) is 4.02. The zero-order chi connectivity index (χ0) is 18.9. The summed E-state index contributed by atoms with van der Waals surface area (Å²) in [4.78, 5) is 16.1. The van der Waals surface area contributed by atoms with E-state index in [4.69, 9.17) is 32.7 Å². The van der Waals surface area contributed by atoms with Gasteiger partial charge in [0.25, 0.3) is 0 Å². The van der Waals surface area contributed by atoms with Crippen LogP contribution in [0.25, 0.3) is 0 Å². The van der Waals surface area contributed by atoms with Crippen LogP contribution in [-0.4, -0.2) is 37.2 Å². The van der Waals surface area contributed by atoms with E-state index in [0.29, 0.717) is 35.6 Å². The molecule has 2 aromatic rings. The van der Waals surface area contributed by atoms with E-state index in [1.807, 2.05) is 24.3 Å². The molecule has 0 bridgehead atoms. The second-order valence-electron chi connectivity index (χ2n) is 5.51. The number of benzene rings is 1. The first-order chi connectivity index (χ1) is 12.5. The normalized spacial score (nSPS) is 11.7.